The molecule has 42 heavy (non-hydrogen) atoms. The van der Waals surface area contributed by atoms with E-state index in [0.29, 0.717) is 49.1 Å². The molecule has 8 heteroatoms. The number of nitrogens with one attached hydrogen (secondary N) is 1. The van der Waals surface area contributed by atoms with Gasteiger partial charge in [-0.15, -0.1) is 0 Å². The van der Waals surface area contributed by atoms with E-state index < -0.39 is 11.2 Å². The highest BCUT2D eigenvalue weighted by atomic mass is 32.2. The number of quaternary nitrogens is 1. The Balaban J connectivity index is 1.57. The number of likely N-dealkylation sites (tertiary alicyclic amines) is 1. The van der Waals surface area contributed by atoms with E-state index in [0.717, 1.165) is 35.5 Å². The molecule has 0 radical (unpaired) electrons. The third-order valence-electron chi connectivity index (χ3n) is 9.11. The topological polar surface area (TPSA) is 49.4 Å². The molecule has 3 aromatic rings. The van der Waals surface area contributed by atoms with Gasteiger partial charge in [0.25, 0.3) is 5.91 Å². The van der Waals surface area contributed by atoms with Crippen molar-refractivity contribution in [1.29, 1.82) is 0 Å². The molecule has 2 fully saturated rings. The first-order valence-corrected chi connectivity index (χ1v) is 17.5. The highest BCUT2D eigenvalue weighted by molar-refractivity contribution is 7.98. The lowest BCUT2D eigenvalue weighted by atomic mass is 9.90. The minimum absolute atomic E-state index is 0.0885. The fourth-order valence-electron chi connectivity index (χ4n) is 6.93. The van der Waals surface area contributed by atoms with Gasteiger partial charge in [-0.2, -0.15) is 23.5 Å². The van der Waals surface area contributed by atoms with E-state index in [2.05, 4.69) is 42.1 Å². The van der Waals surface area contributed by atoms with Crippen LogP contribution in [-0.4, -0.2) is 69.5 Å². The van der Waals surface area contributed by atoms with Crippen molar-refractivity contribution >= 4 is 35.3 Å². The molecular formula is C34H41FN3O2S2+. The van der Waals surface area contributed by atoms with Gasteiger partial charge in [0.15, 0.2) is 5.66 Å². The summed E-state index contributed by atoms with van der Waals surface area (Å²) in [5, 5.41) is 4.09. The van der Waals surface area contributed by atoms with E-state index in [1.165, 1.54) is 12.1 Å². The van der Waals surface area contributed by atoms with Crippen molar-refractivity contribution < 1.29 is 18.5 Å². The maximum atomic E-state index is 15.3. The van der Waals surface area contributed by atoms with Crippen LogP contribution >= 0.6 is 23.5 Å². The number of nitrogens with zero attached hydrogens (tertiary/aromatic N) is 2. The summed E-state index contributed by atoms with van der Waals surface area (Å²) in [7, 11) is 0. The second kappa shape index (κ2) is 13.3. The monoisotopic (exact) mass is 606 g/mol. The second-order valence-corrected chi connectivity index (χ2v) is 13.6. The molecule has 5 nitrogen and oxygen atoms in total. The van der Waals surface area contributed by atoms with Gasteiger partial charge in [-0.05, 0) is 61.1 Å². The van der Waals surface area contributed by atoms with E-state index in [-0.39, 0.29) is 17.6 Å². The summed E-state index contributed by atoms with van der Waals surface area (Å²) >= 11 is 3.57. The standard InChI is InChI=1S/C34H41FN3O2S2/c1-41-23-19-33(20-24-42-2)32(40)38(25-27-9-5-3-6-10-27,26-28-11-7-4-8-12-28)34(36-33)17-21-37(22-18-34)31(39)29-13-15-30(35)16-14-29/h3-16,36H,17-26H2,1-2H3/q+1. The van der Waals surface area contributed by atoms with Gasteiger partial charge in [0, 0.05) is 42.6 Å². The van der Waals surface area contributed by atoms with Crippen LogP contribution < -0.4 is 5.32 Å². The fraction of sp³-hybridized carbons (Fsp3) is 0.412. The zero-order chi connectivity index (χ0) is 29.6. The summed E-state index contributed by atoms with van der Waals surface area (Å²) in [5.41, 5.74) is 1.60. The van der Waals surface area contributed by atoms with Crippen LogP contribution in [0.25, 0.3) is 0 Å². The minimum atomic E-state index is -0.640. The summed E-state index contributed by atoms with van der Waals surface area (Å²) in [6.07, 6.45) is 7.08. The SMILES string of the molecule is CSCCC1(CCSC)NC2(CCN(C(=O)c3ccc(F)cc3)CC2)[N+](Cc2ccccc2)(Cc2ccccc2)C1=O. The first-order chi connectivity index (χ1) is 20.4. The Morgan fingerprint density at radius 2 is 1.33 bits per heavy atom. The van der Waals surface area contributed by atoms with E-state index in [1.54, 1.807) is 35.7 Å². The summed E-state index contributed by atoms with van der Waals surface area (Å²) in [4.78, 5) is 30.6. The Morgan fingerprint density at radius 3 is 1.81 bits per heavy atom. The highest BCUT2D eigenvalue weighted by Crippen LogP contribution is 2.48. The smallest absolute Gasteiger partial charge is 0.336 e. The highest BCUT2D eigenvalue weighted by Gasteiger charge is 2.70. The van der Waals surface area contributed by atoms with E-state index in [4.69, 9.17) is 0 Å². The van der Waals surface area contributed by atoms with Crippen LogP contribution in [0.3, 0.4) is 0 Å². The van der Waals surface area contributed by atoms with Crippen LogP contribution in [0, 0.1) is 5.82 Å². The Kier molecular flexibility index (Phi) is 9.77. The van der Waals surface area contributed by atoms with Crippen molar-refractivity contribution in [2.24, 2.45) is 0 Å². The number of thioether (sulfide) groups is 2. The molecule has 5 rings (SSSR count). The van der Waals surface area contributed by atoms with Crippen molar-refractivity contribution in [3.63, 3.8) is 0 Å². The third-order valence-corrected chi connectivity index (χ3v) is 10.3. The zero-order valence-electron chi connectivity index (χ0n) is 24.6. The predicted octanol–water partition coefficient (Wildman–Crippen LogP) is 6.35. The molecule has 0 aliphatic carbocycles. The van der Waals surface area contributed by atoms with E-state index in [9.17, 15) is 9.18 Å². The van der Waals surface area contributed by atoms with Crippen molar-refractivity contribution in [1.82, 2.24) is 10.2 Å². The Bertz CT molecular complexity index is 1300. The van der Waals surface area contributed by atoms with Gasteiger partial charge in [-0.25, -0.2) is 19.0 Å². The molecule has 2 aliphatic rings. The lowest BCUT2D eigenvalue weighted by Crippen LogP contribution is -2.68. The number of benzene rings is 3. The number of halogens is 1. The van der Waals surface area contributed by atoms with Gasteiger partial charge in [0.1, 0.15) is 24.4 Å². The van der Waals surface area contributed by atoms with Crippen LogP contribution in [0.15, 0.2) is 84.9 Å². The van der Waals surface area contributed by atoms with Gasteiger partial charge < -0.3 is 4.90 Å². The molecular weight excluding hydrogens is 566 g/mol. The van der Waals surface area contributed by atoms with Crippen LogP contribution in [-0.2, 0) is 17.9 Å². The summed E-state index contributed by atoms with van der Waals surface area (Å²) < 4.78 is 13.8. The fourth-order valence-corrected chi connectivity index (χ4v) is 8.03. The molecule has 2 amide bonds. The molecule has 0 saturated carbocycles. The van der Waals surface area contributed by atoms with Gasteiger partial charge in [-0.1, -0.05) is 60.7 Å². The largest absolute Gasteiger partial charge is 0.338 e. The molecule has 2 aliphatic heterocycles. The molecule has 0 bridgehead atoms. The average Bonchev–Trinajstić information content (AvgIpc) is 3.20. The molecule has 2 saturated heterocycles. The quantitative estimate of drug-likeness (QED) is 0.258. The summed E-state index contributed by atoms with van der Waals surface area (Å²) in [5.74, 6) is 1.63. The Labute approximate surface area is 257 Å². The van der Waals surface area contributed by atoms with Gasteiger partial charge >= 0.3 is 5.91 Å². The maximum Gasteiger partial charge on any atom is 0.336 e. The number of carbonyl (C=O) groups is 2. The van der Waals surface area contributed by atoms with Crippen LogP contribution in [0.2, 0.25) is 0 Å². The van der Waals surface area contributed by atoms with Gasteiger partial charge in [-0.3, -0.25) is 4.79 Å². The molecule has 1 spiro atoms. The molecule has 0 aromatic heterocycles. The maximum absolute atomic E-state index is 15.3. The lowest BCUT2D eigenvalue weighted by molar-refractivity contribution is -0.928. The number of rotatable bonds is 11. The zero-order valence-corrected chi connectivity index (χ0v) is 26.2. The third kappa shape index (κ3) is 6.05. The molecule has 1 N–H and O–H groups in total. The number of piperidine rings is 1. The average molecular weight is 607 g/mol. The molecule has 0 unspecified atom stereocenters. The summed E-state index contributed by atoms with van der Waals surface area (Å²) in [6.45, 7) is 2.24. The Morgan fingerprint density at radius 1 is 0.833 bits per heavy atom. The molecule has 222 valence electrons. The number of hydrogen-bond acceptors (Lipinski definition) is 5. The normalized spacial score (nSPS) is 18.8. The number of hydrogen-bond donors (Lipinski definition) is 1. The van der Waals surface area contributed by atoms with Crippen LogP contribution in [0.5, 0.6) is 0 Å². The number of carbonyl (C=O) groups excluding carboxylic acids is 2. The Hall–Kier alpha value is -2.65. The van der Waals surface area contributed by atoms with Crippen molar-refractivity contribution in [2.75, 3.05) is 37.1 Å². The second-order valence-electron chi connectivity index (χ2n) is 11.6. The van der Waals surface area contributed by atoms with Crippen LogP contribution in [0.4, 0.5) is 4.39 Å². The predicted molar refractivity (Wildman–Crippen MR) is 172 cm³/mol. The molecule has 2 heterocycles. The van der Waals surface area contributed by atoms with Crippen molar-refractivity contribution in [2.45, 2.75) is 50.0 Å². The van der Waals surface area contributed by atoms with Crippen molar-refractivity contribution in [3.05, 3.63) is 107 Å². The molecule has 3 aromatic carbocycles. The van der Waals surface area contributed by atoms with Crippen molar-refractivity contribution in [3.8, 4) is 0 Å². The van der Waals surface area contributed by atoms with Gasteiger partial charge in [0.2, 0.25) is 0 Å². The van der Waals surface area contributed by atoms with Crippen LogP contribution in [0.1, 0.15) is 47.2 Å². The first-order valence-electron chi connectivity index (χ1n) is 14.7. The number of amides is 2. The van der Waals surface area contributed by atoms with Gasteiger partial charge in [0.05, 0.1) is 0 Å². The molecule has 0 atom stereocenters. The first kappa shape index (κ1) is 30.8. The van der Waals surface area contributed by atoms with E-state index in [1.807, 2.05) is 41.3 Å². The minimum Gasteiger partial charge on any atom is -0.338 e. The summed E-state index contributed by atoms with van der Waals surface area (Å²) in [6, 6.07) is 26.5. The lowest BCUT2D eigenvalue weighted by Gasteiger charge is -2.50. The van der Waals surface area contributed by atoms with E-state index >= 15 is 4.79 Å².